The fourth-order valence-corrected chi connectivity index (χ4v) is 5.02. The molecule has 0 aromatic rings. The van der Waals surface area contributed by atoms with Crippen LogP contribution in [0.4, 0.5) is 0 Å². The second kappa shape index (κ2) is 6.08. The molecule has 5 nitrogen and oxygen atoms in total. The number of hydrogen-bond acceptors (Lipinski definition) is 3. The summed E-state index contributed by atoms with van der Waals surface area (Å²) in [5.41, 5.74) is 0. The van der Waals surface area contributed by atoms with Crippen LogP contribution in [-0.2, 0) is 9.59 Å². The average Bonchev–Trinajstić information content (AvgIpc) is 2.99. The fraction of sp³-hybridized carbons (Fsp3) is 0.889. The standard InChI is InChI=1S/C18H29N3O2/c1-2-19-9-3-5-15(19)16-6-4-10-20(16)18(23)13-11-17(22)21(12-13)14-7-8-14/h13-16H,2-12H2,1H3. The largest absolute Gasteiger partial charge is 0.339 e. The highest BCUT2D eigenvalue weighted by Gasteiger charge is 2.46. The molecule has 0 N–H and O–H groups in total. The zero-order valence-corrected chi connectivity index (χ0v) is 14.2. The summed E-state index contributed by atoms with van der Waals surface area (Å²) in [6.45, 7) is 6.06. The van der Waals surface area contributed by atoms with Gasteiger partial charge in [-0.15, -0.1) is 0 Å². The van der Waals surface area contributed by atoms with Crippen LogP contribution in [0, 0.1) is 5.92 Å². The minimum atomic E-state index is -0.0832. The summed E-state index contributed by atoms with van der Waals surface area (Å²) in [5, 5.41) is 0. The van der Waals surface area contributed by atoms with Crippen molar-refractivity contribution in [2.45, 2.75) is 70.0 Å². The highest BCUT2D eigenvalue weighted by molar-refractivity contribution is 5.89. The van der Waals surface area contributed by atoms with Crippen molar-refractivity contribution in [3.05, 3.63) is 0 Å². The molecule has 1 saturated carbocycles. The zero-order chi connectivity index (χ0) is 16.0. The van der Waals surface area contributed by atoms with Crippen molar-refractivity contribution < 1.29 is 9.59 Å². The lowest BCUT2D eigenvalue weighted by molar-refractivity contribution is -0.137. The van der Waals surface area contributed by atoms with Crippen LogP contribution in [-0.4, -0.2) is 70.8 Å². The summed E-state index contributed by atoms with van der Waals surface area (Å²) in [4.78, 5) is 31.9. The normalized spacial score (nSPS) is 35.5. The predicted molar refractivity (Wildman–Crippen MR) is 87.8 cm³/mol. The van der Waals surface area contributed by atoms with Crippen LogP contribution in [0.15, 0.2) is 0 Å². The summed E-state index contributed by atoms with van der Waals surface area (Å²) in [7, 11) is 0. The molecule has 3 unspecified atom stereocenters. The third-order valence-corrected chi connectivity index (χ3v) is 6.34. The van der Waals surface area contributed by atoms with E-state index in [1.165, 1.54) is 19.4 Å². The monoisotopic (exact) mass is 319 g/mol. The predicted octanol–water partition coefficient (Wildman–Crippen LogP) is 1.47. The van der Waals surface area contributed by atoms with Crippen LogP contribution in [0.5, 0.6) is 0 Å². The quantitative estimate of drug-likeness (QED) is 0.788. The van der Waals surface area contributed by atoms with Crippen LogP contribution in [0.3, 0.4) is 0 Å². The van der Waals surface area contributed by atoms with Gasteiger partial charge < -0.3 is 9.80 Å². The van der Waals surface area contributed by atoms with Crippen LogP contribution in [0.1, 0.15) is 51.9 Å². The molecule has 3 heterocycles. The van der Waals surface area contributed by atoms with Crippen LogP contribution in [0.25, 0.3) is 0 Å². The van der Waals surface area contributed by atoms with Crippen molar-refractivity contribution >= 4 is 11.8 Å². The Kier molecular flexibility index (Phi) is 4.08. The van der Waals surface area contributed by atoms with E-state index >= 15 is 0 Å². The van der Waals surface area contributed by atoms with Crippen molar-refractivity contribution in [3.63, 3.8) is 0 Å². The van der Waals surface area contributed by atoms with Gasteiger partial charge in [0.1, 0.15) is 0 Å². The van der Waals surface area contributed by atoms with Crippen molar-refractivity contribution in [1.29, 1.82) is 0 Å². The number of likely N-dealkylation sites (tertiary alicyclic amines) is 3. The number of amides is 2. The highest BCUT2D eigenvalue weighted by atomic mass is 16.2. The van der Waals surface area contributed by atoms with Gasteiger partial charge in [0, 0.05) is 37.6 Å². The molecule has 4 fully saturated rings. The minimum Gasteiger partial charge on any atom is -0.339 e. The molecule has 3 aliphatic heterocycles. The molecule has 5 heteroatoms. The second-order valence-electron chi connectivity index (χ2n) is 7.76. The summed E-state index contributed by atoms with van der Waals surface area (Å²) in [5.74, 6) is 0.379. The first-order valence-electron chi connectivity index (χ1n) is 9.53. The molecule has 3 atom stereocenters. The van der Waals surface area contributed by atoms with Crippen molar-refractivity contribution in [2.24, 2.45) is 5.92 Å². The molecule has 4 aliphatic rings. The first kappa shape index (κ1) is 15.4. The van der Waals surface area contributed by atoms with Gasteiger partial charge in [-0.2, -0.15) is 0 Å². The second-order valence-corrected chi connectivity index (χ2v) is 7.76. The number of nitrogens with zero attached hydrogens (tertiary/aromatic N) is 3. The maximum atomic E-state index is 13.1. The number of carbonyl (C=O) groups is 2. The lowest BCUT2D eigenvalue weighted by Gasteiger charge is -2.35. The molecule has 0 bridgehead atoms. The van der Waals surface area contributed by atoms with Crippen molar-refractivity contribution in [3.8, 4) is 0 Å². The fourth-order valence-electron chi connectivity index (χ4n) is 5.02. The van der Waals surface area contributed by atoms with E-state index in [-0.39, 0.29) is 17.7 Å². The number of likely N-dealkylation sites (N-methyl/N-ethyl adjacent to an activating group) is 1. The molecule has 0 aromatic heterocycles. The summed E-state index contributed by atoms with van der Waals surface area (Å²) in [6, 6.07) is 1.37. The van der Waals surface area contributed by atoms with E-state index in [9.17, 15) is 9.59 Å². The van der Waals surface area contributed by atoms with Gasteiger partial charge in [-0.05, 0) is 51.6 Å². The highest BCUT2D eigenvalue weighted by Crippen LogP contribution is 2.35. The summed E-state index contributed by atoms with van der Waals surface area (Å²) < 4.78 is 0. The molecule has 0 spiro atoms. The minimum absolute atomic E-state index is 0.0832. The van der Waals surface area contributed by atoms with Crippen LogP contribution < -0.4 is 0 Å². The summed E-state index contributed by atoms with van der Waals surface area (Å²) in [6.07, 6.45) is 7.45. The maximum Gasteiger partial charge on any atom is 0.228 e. The Morgan fingerprint density at radius 3 is 2.57 bits per heavy atom. The Morgan fingerprint density at radius 2 is 1.83 bits per heavy atom. The molecule has 4 rings (SSSR count). The Hall–Kier alpha value is -1.10. The van der Waals surface area contributed by atoms with E-state index in [1.807, 2.05) is 4.90 Å². The molecule has 3 saturated heterocycles. The Bertz CT molecular complexity index is 491. The molecule has 1 aliphatic carbocycles. The molecular formula is C18H29N3O2. The van der Waals surface area contributed by atoms with Gasteiger partial charge in [0.2, 0.25) is 11.8 Å². The van der Waals surface area contributed by atoms with Gasteiger partial charge in [-0.1, -0.05) is 6.92 Å². The molecule has 23 heavy (non-hydrogen) atoms. The zero-order valence-electron chi connectivity index (χ0n) is 14.2. The van der Waals surface area contributed by atoms with Crippen molar-refractivity contribution in [1.82, 2.24) is 14.7 Å². The van der Waals surface area contributed by atoms with Gasteiger partial charge in [0.25, 0.3) is 0 Å². The molecule has 128 valence electrons. The maximum absolute atomic E-state index is 13.1. The molecule has 0 radical (unpaired) electrons. The third-order valence-electron chi connectivity index (χ3n) is 6.34. The van der Waals surface area contributed by atoms with Gasteiger partial charge in [0.15, 0.2) is 0 Å². The molecule has 0 aromatic carbocycles. The Labute approximate surface area is 139 Å². The van der Waals surface area contributed by atoms with Gasteiger partial charge in [0.05, 0.1) is 5.92 Å². The Morgan fingerprint density at radius 1 is 1.09 bits per heavy atom. The summed E-state index contributed by atoms with van der Waals surface area (Å²) >= 11 is 0. The van der Waals surface area contributed by atoms with Gasteiger partial charge in [-0.25, -0.2) is 0 Å². The van der Waals surface area contributed by atoms with E-state index in [0.717, 1.165) is 38.8 Å². The molecular weight excluding hydrogens is 290 g/mol. The Balaban J connectivity index is 1.44. The van der Waals surface area contributed by atoms with E-state index in [1.54, 1.807) is 0 Å². The lowest BCUT2D eigenvalue weighted by Crippen LogP contribution is -2.50. The third kappa shape index (κ3) is 2.77. The van der Waals surface area contributed by atoms with Crippen molar-refractivity contribution in [2.75, 3.05) is 26.2 Å². The first-order valence-corrected chi connectivity index (χ1v) is 9.53. The van der Waals surface area contributed by atoms with Crippen LogP contribution >= 0.6 is 0 Å². The topological polar surface area (TPSA) is 43.9 Å². The SMILES string of the molecule is CCN1CCCC1C1CCCN1C(=O)C1CC(=O)N(C2CC2)C1. The number of carbonyl (C=O) groups excluding carboxylic acids is 2. The average molecular weight is 319 g/mol. The number of rotatable bonds is 4. The van der Waals surface area contributed by atoms with E-state index < -0.39 is 0 Å². The smallest absolute Gasteiger partial charge is 0.228 e. The van der Waals surface area contributed by atoms with Gasteiger partial charge in [-0.3, -0.25) is 14.5 Å². The van der Waals surface area contributed by atoms with Gasteiger partial charge >= 0.3 is 0 Å². The van der Waals surface area contributed by atoms with E-state index in [2.05, 4.69) is 16.7 Å². The first-order chi connectivity index (χ1) is 11.2. The van der Waals surface area contributed by atoms with E-state index in [0.29, 0.717) is 31.1 Å². The number of hydrogen-bond donors (Lipinski definition) is 0. The van der Waals surface area contributed by atoms with Crippen LogP contribution in [0.2, 0.25) is 0 Å². The molecule has 2 amide bonds. The lowest BCUT2D eigenvalue weighted by atomic mass is 10.0. The van der Waals surface area contributed by atoms with E-state index in [4.69, 9.17) is 0 Å².